The number of anilines is 1. The van der Waals surface area contributed by atoms with E-state index >= 15 is 0 Å². The number of carbonyl (C=O) groups excluding carboxylic acids is 1. The highest BCUT2D eigenvalue weighted by Crippen LogP contribution is 2.28. The second-order valence-electron chi connectivity index (χ2n) is 9.80. The lowest BCUT2D eigenvalue weighted by atomic mass is 10.1. The van der Waals surface area contributed by atoms with Crippen LogP contribution in [0.2, 0.25) is 5.02 Å². The molecule has 4 rings (SSSR count). The molecule has 4 aromatic rings. The van der Waals surface area contributed by atoms with E-state index in [1.165, 1.54) is 0 Å². The number of nitrogens with one attached hydrogen (secondary N) is 1. The van der Waals surface area contributed by atoms with Crippen LogP contribution in [0.25, 0.3) is 16.6 Å². The third-order valence-corrected chi connectivity index (χ3v) is 6.79. The monoisotopic (exact) mass is 546 g/mol. The smallest absolute Gasteiger partial charge is 0.322 e. The molecule has 1 unspecified atom stereocenters. The van der Waals surface area contributed by atoms with Gasteiger partial charge in [0.05, 0.1) is 29.2 Å². The number of benzene rings is 3. The number of hydrogen-bond donors (Lipinski definition) is 1. The molecule has 3 aromatic carbocycles. The predicted octanol–water partition coefficient (Wildman–Crippen LogP) is 7.47. The van der Waals surface area contributed by atoms with Gasteiger partial charge < -0.3 is 15.0 Å². The Labute approximate surface area is 234 Å². The molecule has 1 aromatic heterocycles. The SMILES string of the molecule is CCOc1ccc(-n2c(C(CC)N(CCC(C)C)C(=O)Nc3cccc(Cl)c3)nc3ccccc3c2=O)cc1. The molecule has 7 nitrogen and oxygen atoms in total. The van der Waals surface area contributed by atoms with E-state index in [1.807, 2.05) is 56.3 Å². The van der Waals surface area contributed by atoms with Gasteiger partial charge in [-0.3, -0.25) is 9.36 Å². The van der Waals surface area contributed by atoms with Crippen LogP contribution in [0.15, 0.2) is 77.6 Å². The van der Waals surface area contributed by atoms with Crippen LogP contribution in [-0.4, -0.2) is 33.6 Å². The van der Waals surface area contributed by atoms with Crippen molar-refractivity contribution < 1.29 is 9.53 Å². The highest BCUT2D eigenvalue weighted by atomic mass is 35.5. The van der Waals surface area contributed by atoms with E-state index in [1.54, 1.807) is 39.8 Å². The minimum atomic E-state index is -0.466. The van der Waals surface area contributed by atoms with E-state index in [-0.39, 0.29) is 11.6 Å². The molecule has 0 aliphatic carbocycles. The largest absolute Gasteiger partial charge is 0.494 e. The summed E-state index contributed by atoms with van der Waals surface area (Å²) in [6.07, 6.45) is 1.35. The number of para-hydroxylation sites is 1. The third kappa shape index (κ3) is 6.60. The van der Waals surface area contributed by atoms with E-state index in [2.05, 4.69) is 19.2 Å². The second-order valence-corrected chi connectivity index (χ2v) is 10.2. The average molecular weight is 547 g/mol. The molecule has 39 heavy (non-hydrogen) atoms. The first-order chi connectivity index (χ1) is 18.8. The Kier molecular flexibility index (Phi) is 9.25. The van der Waals surface area contributed by atoms with Gasteiger partial charge in [0.2, 0.25) is 0 Å². The zero-order valence-corrected chi connectivity index (χ0v) is 23.6. The van der Waals surface area contributed by atoms with Gasteiger partial charge in [-0.1, -0.05) is 50.6 Å². The Morgan fingerprint density at radius 1 is 1.05 bits per heavy atom. The van der Waals surface area contributed by atoms with Gasteiger partial charge in [-0.2, -0.15) is 0 Å². The number of carbonyl (C=O) groups is 1. The standard InChI is InChI=1S/C31H35ClN4O3/c1-5-28(35(19-18-21(3)4)31(38)33-23-11-9-10-22(32)20-23)29-34-27-13-8-7-12-26(27)30(37)36(29)24-14-16-25(17-15-24)39-6-2/h7-17,20-21,28H,5-6,18-19H2,1-4H3,(H,33,38). The van der Waals surface area contributed by atoms with Crippen LogP contribution in [0.4, 0.5) is 10.5 Å². The summed E-state index contributed by atoms with van der Waals surface area (Å²) in [5.74, 6) is 1.60. The average Bonchev–Trinajstić information content (AvgIpc) is 2.91. The maximum Gasteiger partial charge on any atom is 0.322 e. The van der Waals surface area contributed by atoms with Crippen LogP contribution in [0.1, 0.15) is 52.4 Å². The second kappa shape index (κ2) is 12.8. The molecule has 1 atom stereocenters. The number of urea groups is 1. The molecule has 0 bridgehead atoms. The van der Waals surface area contributed by atoms with Gasteiger partial charge in [-0.25, -0.2) is 9.78 Å². The summed E-state index contributed by atoms with van der Waals surface area (Å²) in [6, 6.07) is 21.0. The third-order valence-electron chi connectivity index (χ3n) is 6.55. The number of halogens is 1. The number of rotatable bonds is 10. The maximum atomic E-state index is 13.9. The van der Waals surface area contributed by atoms with Gasteiger partial charge in [0, 0.05) is 17.3 Å². The van der Waals surface area contributed by atoms with Crippen molar-refractivity contribution in [3.05, 3.63) is 94.0 Å². The molecule has 0 saturated heterocycles. The van der Waals surface area contributed by atoms with Gasteiger partial charge in [-0.05, 0) is 80.3 Å². The lowest BCUT2D eigenvalue weighted by Crippen LogP contribution is -2.41. The van der Waals surface area contributed by atoms with Crippen molar-refractivity contribution in [2.24, 2.45) is 5.92 Å². The first-order valence-electron chi connectivity index (χ1n) is 13.4. The van der Waals surface area contributed by atoms with Crippen molar-refractivity contribution in [1.29, 1.82) is 0 Å². The Morgan fingerprint density at radius 3 is 2.46 bits per heavy atom. The van der Waals surface area contributed by atoms with Crippen molar-refractivity contribution in [3.63, 3.8) is 0 Å². The molecule has 0 aliphatic heterocycles. The van der Waals surface area contributed by atoms with Gasteiger partial charge in [0.25, 0.3) is 5.56 Å². The fraction of sp³-hybridized carbons (Fsp3) is 0.323. The molecular weight excluding hydrogens is 512 g/mol. The van der Waals surface area contributed by atoms with E-state index in [4.69, 9.17) is 21.3 Å². The number of aromatic nitrogens is 2. The quantitative estimate of drug-likeness (QED) is 0.224. The zero-order chi connectivity index (χ0) is 27.9. The van der Waals surface area contributed by atoms with Crippen molar-refractivity contribution in [1.82, 2.24) is 14.5 Å². The number of hydrogen-bond acceptors (Lipinski definition) is 4. The number of amides is 2. The van der Waals surface area contributed by atoms with E-state index in [0.29, 0.717) is 58.6 Å². The summed E-state index contributed by atoms with van der Waals surface area (Å²) < 4.78 is 7.24. The molecule has 0 fully saturated rings. The molecule has 1 N–H and O–H groups in total. The van der Waals surface area contributed by atoms with Crippen LogP contribution < -0.4 is 15.6 Å². The molecule has 0 aliphatic rings. The summed E-state index contributed by atoms with van der Waals surface area (Å²) in [4.78, 5) is 34.5. The van der Waals surface area contributed by atoms with Crippen LogP contribution in [0, 0.1) is 5.92 Å². The van der Waals surface area contributed by atoms with Gasteiger partial charge >= 0.3 is 6.03 Å². The molecule has 0 radical (unpaired) electrons. The Hall–Kier alpha value is -3.84. The lowest BCUT2D eigenvalue weighted by Gasteiger charge is -2.33. The summed E-state index contributed by atoms with van der Waals surface area (Å²) in [5.41, 5.74) is 1.68. The molecule has 204 valence electrons. The lowest BCUT2D eigenvalue weighted by molar-refractivity contribution is 0.176. The first-order valence-corrected chi connectivity index (χ1v) is 13.8. The minimum absolute atomic E-state index is 0.183. The molecule has 1 heterocycles. The molecular formula is C31H35ClN4O3. The fourth-order valence-electron chi connectivity index (χ4n) is 4.58. The van der Waals surface area contributed by atoms with Gasteiger partial charge in [0.15, 0.2) is 0 Å². The summed E-state index contributed by atoms with van der Waals surface area (Å²) in [7, 11) is 0. The van der Waals surface area contributed by atoms with Crippen LogP contribution in [0.5, 0.6) is 5.75 Å². The van der Waals surface area contributed by atoms with Crippen molar-refractivity contribution in [2.75, 3.05) is 18.5 Å². The van der Waals surface area contributed by atoms with Crippen molar-refractivity contribution in [2.45, 2.75) is 46.6 Å². The molecule has 0 spiro atoms. The first kappa shape index (κ1) is 28.2. The van der Waals surface area contributed by atoms with Crippen LogP contribution in [-0.2, 0) is 0 Å². The highest BCUT2D eigenvalue weighted by Gasteiger charge is 2.29. The Morgan fingerprint density at radius 2 is 1.79 bits per heavy atom. The fourth-order valence-corrected chi connectivity index (χ4v) is 4.77. The minimum Gasteiger partial charge on any atom is -0.494 e. The maximum absolute atomic E-state index is 13.9. The zero-order valence-electron chi connectivity index (χ0n) is 22.9. The van der Waals surface area contributed by atoms with Crippen LogP contribution >= 0.6 is 11.6 Å². The van der Waals surface area contributed by atoms with E-state index < -0.39 is 6.04 Å². The highest BCUT2D eigenvalue weighted by molar-refractivity contribution is 6.30. The van der Waals surface area contributed by atoms with Crippen molar-refractivity contribution >= 4 is 34.2 Å². The molecule has 8 heteroatoms. The number of ether oxygens (including phenoxy) is 1. The Bertz CT molecular complexity index is 1480. The van der Waals surface area contributed by atoms with Gasteiger partial charge in [-0.15, -0.1) is 0 Å². The number of nitrogens with zero attached hydrogens (tertiary/aromatic N) is 3. The topological polar surface area (TPSA) is 76.5 Å². The molecule has 2 amide bonds. The van der Waals surface area contributed by atoms with E-state index in [9.17, 15) is 9.59 Å². The Balaban J connectivity index is 1.85. The number of fused-ring (bicyclic) bond motifs is 1. The predicted molar refractivity (Wildman–Crippen MR) is 158 cm³/mol. The summed E-state index contributed by atoms with van der Waals surface area (Å²) in [5, 5.41) is 4.05. The normalized spacial score (nSPS) is 11.9. The summed E-state index contributed by atoms with van der Waals surface area (Å²) in [6.45, 7) is 9.22. The van der Waals surface area contributed by atoms with Gasteiger partial charge in [0.1, 0.15) is 11.6 Å². The molecule has 0 saturated carbocycles. The summed E-state index contributed by atoms with van der Waals surface area (Å²) >= 11 is 6.17. The van der Waals surface area contributed by atoms with Crippen LogP contribution in [0.3, 0.4) is 0 Å². The van der Waals surface area contributed by atoms with E-state index in [0.717, 1.165) is 12.2 Å². The van der Waals surface area contributed by atoms with Crippen molar-refractivity contribution in [3.8, 4) is 11.4 Å².